The standard InChI is InChI=1S/C22H23N3O/c1-23(2)10-11-24-13-16-4-3-5-19-21-18-8-7-17(26)12-15(18)6-9-20(21)25(14-24)22(16)19/h3-9,12,26H,10-11,13-14H2,1-2H3. The zero-order valence-corrected chi connectivity index (χ0v) is 15.2. The number of hydrogen-bond donors (Lipinski definition) is 1. The van der Waals surface area contributed by atoms with Gasteiger partial charge in [0.1, 0.15) is 5.75 Å². The lowest BCUT2D eigenvalue weighted by molar-refractivity contribution is 0.186. The lowest BCUT2D eigenvalue weighted by Crippen LogP contribution is -2.35. The Kier molecular flexibility index (Phi) is 3.45. The smallest absolute Gasteiger partial charge is 0.116 e. The Hall–Kier alpha value is -2.56. The highest BCUT2D eigenvalue weighted by molar-refractivity contribution is 6.21. The van der Waals surface area contributed by atoms with Gasteiger partial charge in [0.05, 0.1) is 17.7 Å². The maximum atomic E-state index is 9.84. The molecule has 0 aliphatic carbocycles. The summed E-state index contributed by atoms with van der Waals surface area (Å²) in [5.41, 5.74) is 4.04. The van der Waals surface area contributed by atoms with Crippen molar-refractivity contribution in [3.8, 4) is 5.75 Å². The molecule has 0 unspecified atom stereocenters. The maximum Gasteiger partial charge on any atom is 0.116 e. The SMILES string of the molecule is CN(C)CCN1Cc2cccc3c4c5ccc(O)cc5ccc4n(c23)C1. The zero-order chi connectivity index (χ0) is 17.8. The van der Waals surface area contributed by atoms with Crippen molar-refractivity contribution in [3.63, 3.8) is 0 Å². The Morgan fingerprint density at radius 3 is 2.77 bits per heavy atom. The molecule has 4 nitrogen and oxygen atoms in total. The Labute approximate surface area is 152 Å². The van der Waals surface area contributed by atoms with E-state index in [1.165, 1.54) is 32.8 Å². The first-order valence-electron chi connectivity index (χ1n) is 9.14. The third-order valence-electron chi connectivity index (χ3n) is 5.53. The van der Waals surface area contributed by atoms with E-state index in [0.29, 0.717) is 5.75 Å². The van der Waals surface area contributed by atoms with Crippen LogP contribution in [0.2, 0.25) is 0 Å². The van der Waals surface area contributed by atoms with Gasteiger partial charge in [-0.25, -0.2) is 0 Å². The van der Waals surface area contributed by atoms with Crippen LogP contribution in [0.25, 0.3) is 32.6 Å². The Morgan fingerprint density at radius 1 is 1.04 bits per heavy atom. The summed E-state index contributed by atoms with van der Waals surface area (Å²) in [5, 5.41) is 14.8. The van der Waals surface area contributed by atoms with E-state index in [1.807, 2.05) is 12.1 Å². The molecular formula is C22H23N3O. The summed E-state index contributed by atoms with van der Waals surface area (Å²) in [6.07, 6.45) is 0. The van der Waals surface area contributed by atoms with Gasteiger partial charge in [-0.1, -0.05) is 30.3 Å². The highest BCUT2D eigenvalue weighted by atomic mass is 16.3. The quantitative estimate of drug-likeness (QED) is 0.609. The molecule has 5 rings (SSSR count). The molecule has 0 bridgehead atoms. The van der Waals surface area contributed by atoms with Crippen molar-refractivity contribution < 1.29 is 5.11 Å². The summed E-state index contributed by atoms with van der Waals surface area (Å²) in [7, 11) is 4.26. The van der Waals surface area contributed by atoms with Crippen LogP contribution in [0.1, 0.15) is 5.56 Å². The second-order valence-electron chi connectivity index (χ2n) is 7.60. The van der Waals surface area contributed by atoms with E-state index in [1.54, 1.807) is 6.07 Å². The molecule has 2 heterocycles. The fourth-order valence-electron chi connectivity index (χ4n) is 4.30. The molecule has 1 N–H and O–H groups in total. The fraction of sp³-hybridized carbons (Fsp3) is 0.273. The summed E-state index contributed by atoms with van der Waals surface area (Å²) in [5.74, 6) is 0.320. The van der Waals surface area contributed by atoms with Gasteiger partial charge in [0, 0.05) is 30.4 Å². The van der Waals surface area contributed by atoms with E-state index in [0.717, 1.165) is 31.7 Å². The van der Waals surface area contributed by atoms with Gasteiger partial charge in [-0.2, -0.15) is 0 Å². The molecule has 26 heavy (non-hydrogen) atoms. The Morgan fingerprint density at radius 2 is 1.92 bits per heavy atom. The monoisotopic (exact) mass is 345 g/mol. The first kappa shape index (κ1) is 15.7. The minimum absolute atomic E-state index is 0.320. The average Bonchev–Trinajstić information content (AvgIpc) is 2.95. The summed E-state index contributed by atoms with van der Waals surface area (Å²) in [4.78, 5) is 4.76. The lowest BCUT2D eigenvalue weighted by Gasteiger charge is -2.30. The van der Waals surface area contributed by atoms with E-state index in [-0.39, 0.29) is 0 Å². The van der Waals surface area contributed by atoms with E-state index < -0.39 is 0 Å². The van der Waals surface area contributed by atoms with Crippen LogP contribution in [0.3, 0.4) is 0 Å². The normalized spacial score (nSPS) is 14.9. The average molecular weight is 345 g/mol. The van der Waals surface area contributed by atoms with Gasteiger partial charge in [-0.05, 0) is 48.6 Å². The predicted molar refractivity (Wildman–Crippen MR) is 108 cm³/mol. The van der Waals surface area contributed by atoms with Gasteiger partial charge >= 0.3 is 0 Å². The van der Waals surface area contributed by atoms with Crippen molar-refractivity contribution in [3.05, 3.63) is 54.1 Å². The molecule has 0 fully saturated rings. The van der Waals surface area contributed by atoms with E-state index in [4.69, 9.17) is 0 Å². The highest BCUT2D eigenvalue weighted by Gasteiger charge is 2.22. The van der Waals surface area contributed by atoms with Crippen LogP contribution in [0, 0.1) is 0 Å². The number of aromatic hydroxyl groups is 1. The molecule has 0 saturated carbocycles. The lowest BCUT2D eigenvalue weighted by atomic mass is 10.0. The number of likely N-dealkylation sites (N-methyl/N-ethyl adjacent to an activating group) is 1. The molecule has 4 aromatic rings. The minimum atomic E-state index is 0.320. The summed E-state index contributed by atoms with van der Waals surface area (Å²) in [6, 6.07) is 16.7. The van der Waals surface area contributed by atoms with Crippen molar-refractivity contribution in [2.45, 2.75) is 13.2 Å². The summed E-state index contributed by atoms with van der Waals surface area (Å²) in [6.45, 7) is 4.05. The van der Waals surface area contributed by atoms with Crippen LogP contribution in [-0.2, 0) is 13.2 Å². The molecular weight excluding hydrogens is 322 g/mol. The van der Waals surface area contributed by atoms with Crippen molar-refractivity contribution in [1.29, 1.82) is 0 Å². The molecule has 3 aromatic carbocycles. The minimum Gasteiger partial charge on any atom is -0.508 e. The zero-order valence-electron chi connectivity index (χ0n) is 15.2. The van der Waals surface area contributed by atoms with Crippen molar-refractivity contribution >= 4 is 32.6 Å². The molecule has 0 atom stereocenters. The van der Waals surface area contributed by atoms with Crippen LogP contribution in [0.4, 0.5) is 0 Å². The molecule has 1 aromatic heterocycles. The van der Waals surface area contributed by atoms with Gasteiger partial charge in [0.15, 0.2) is 0 Å². The van der Waals surface area contributed by atoms with Crippen molar-refractivity contribution in [2.75, 3.05) is 27.2 Å². The molecule has 4 heteroatoms. The van der Waals surface area contributed by atoms with Gasteiger partial charge in [-0.3, -0.25) is 4.90 Å². The molecule has 132 valence electrons. The van der Waals surface area contributed by atoms with Gasteiger partial charge in [0.2, 0.25) is 0 Å². The molecule has 0 spiro atoms. The molecule has 1 aliphatic heterocycles. The second kappa shape index (κ2) is 5.73. The second-order valence-corrected chi connectivity index (χ2v) is 7.60. The van der Waals surface area contributed by atoms with E-state index in [9.17, 15) is 5.11 Å². The Bertz CT molecular complexity index is 1140. The first-order valence-corrected chi connectivity index (χ1v) is 9.14. The van der Waals surface area contributed by atoms with Crippen molar-refractivity contribution in [1.82, 2.24) is 14.4 Å². The van der Waals surface area contributed by atoms with Crippen molar-refractivity contribution in [2.24, 2.45) is 0 Å². The van der Waals surface area contributed by atoms with Crippen LogP contribution >= 0.6 is 0 Å². The molecule has 0 amide bonds. The first-order chi connectivity index (χ1) is 12.6. The van der Waals surface area contributed by atoms with Crippen LogP contribution in [-0.4, -0.2) is 46.7 Å². The van der Waals surface area contributed by atoms with Crippen LogP contribution in [0.5, 0.6) is 5.75 Å². The fourth-order valence-corrected chi connectivity index (χ4v) is 4.30. The number of para-hydroxylation sites is 1. The molecule has 0 radical (unpaired) electrons. The number of rotatable bonds is 3. The van der Waals surface area contributed by atoms with Crippen LogP contribution < -0.4 is 0 Å². The van der Waals surface area contributed by atoms with Gasteiger partial charge < -0.3 is 14.6 Å². The topological polar surface area (TPSA) is 31.6 Å². The number of aromatic nitrogens is 1. The third-order valence-corrected chi connectivity index (χ3v) is 5.53. The number of benzene rings is 3. The van der Waals surface area contributed by atoms with Gasteiger partial charge in [-0.15, -0.1) is 0 Å². The van der Waals surface area contributed by atoms with Gasteiger partial charge in [0.25, 0.3) is 0 Å². The number of phenols is 1. The summed E-state index contributed by atoms with van der Waals surface area (Å²) < 4.78 is 2.46. The Balaban J connectivity index is 1.76. The molecule has 0 saturated heterocycles. The summed E-state index contributed by atoms with van der Waals surface area (Å²) >= 11 is 0. The third kappa shape index (κ3) is 2.30. The van der Waals surface area contributed by atoms with E-state index in [2.05, 4.69) is 58.8 Å². The highest BCUT2D eigenvalue weighted by Crippen LogP contribution is 2.39. The van der Waals surface area contributed by atoms with E-state index >= 15 is 0 Å². The molecule has 1 aliphatic rings. The number of fused-ring (bicyclic) bond motifs is 5. The number of hydrogen-bond acceptors (Lipinski definition) is 3. The largest absolute Gasteiger partial charge is 0.508 e. The number of nitrogens with zero attached hydrogens (tertiary/aromatic N) is 3. The van der Waals surface area contributed by atoms with Crippen LogP contribution in [0.15, 0.2) is 48.5 Å². The predicted octanol–water partition coefficient (Wildman–Crippen LogP) is 3.99. The number of phenolic OH excluding ortho intramolecular Hbond substituents is 1. The maximum absolute atomic E-state index is 9.84.